The highest BCUT2D eigenvalue weighted by Gasteiger charge is 2.31. The Labute approximate surface area is 142 Å². The van der Waals surface area contributed by atoms with Gasteiger partial charge in [0.05, 0.1) is 23.3 Å². The van der Waals surface area contributed by atoms with Gasteiger partial charge in [-0.25, -0.2) is 15.2 Å². The van der Waals surface area contributed by atoms with Crippen molar-refractivity contribution in [1.82, 2.24) is 9.55 Å². The summed E-state index contributed by atoms with van der Waals surface area (Å²) in [5.74, 6) is 6.39. The Hall–Kier alpha value is -2.22. The fraction of sp³-hybridized carbons (Fsp3) is 0.294. The Kier molecular flexibility index (Phi) is 3.45. The molecule has 0 aliphatic carbocycles. The number of thiophene rings is 1. The largest absolute Gasteiger partial charge is 0.370 e. The quantitative estimate of drug-likeness (QED) is 0.552. The molecule has 0 fully saturated rings. The SMILES string of the molecule is CC1(C)Cc2c(sc3nc(=O)n(-c4ccccc4)c(NN)c23)CO1. The second kappa shape index (κ2) is 5.41. The number of para-hydroxylation sites is 1. The first kappa shape index (κ1) is 15.3. The molecular weight excluding hydrogens is 324 g/mol. The Balaban J connectivity index is 2.06. The zero-order chi connectivity index (χ0) is 16.9. The summed E-state index contributed by atoms with van der Waals surface area (Å²) >= 11 is 1.50. The summed E-state index contributed by atoms with van der Waals surface area (Å²) in [5.41, 5.74) is 4.03. The lowest BCUT2D eigenvalue weighted by Crippen LogP contribution is -2.31. The zero-order valence-electron chi connectivity index (χ0n) is 13.5. The number of ether oxygens (including phenoxy) is 1. The van der Waals surface area contributed by atoms with Crippen LogP contribution < -0.4 is 17.0 Å². The van der Waals surface area contributed by atoms with Gasteiger partial charge < -0.3 is 10.2 Å². The number of nitrogen functional groups attached to an aromatic ring is 1. The van der Waals surface area contributed by atoms with E-state index >= 15 is 0 Å². The summed E-state index contributed by atoms with van der Waals surface area (Å²) in [5, 5.41) is 0.914. The first-order chi connectivity index (χ1) is 11.5. The molecule has 6 nitrogen and oxygen atoms in total. The molecule has 1 aliphatic heterocycles. The molecule has 0 atom stereocenters. The number of anilines is 1. The van der Waals surface area contributed by atoms with E-state index in [0.29, 0.717) is 17.3 Å². The summed E-state index contributed by atoms with van der Waals surface area (Å²) in [6.07, 6.45) is 0.756. The Bertz CT molecular complexity index is 976. The van der Waals surface area contributed by atoms with Crippen LogP contribution in [0.5, 0.6) is 0 Å². The van der Waals surface area contributed by atoms with Gasteiger partial charge in [-0.3, -0.25) is 0 Å². The van der Waals surface area contributed by atoms with Gasteiger partial charge >= 0.3 is 5.69 Å². The number of nitrogens with one attached hydrogen (secondary N) is 1. The lowest BCUT2D eigenvalue weighted by atomic mass is 9.94. The average molecular weight is 342 g/mol. The summed E-state index contributed by atoms with van der Waals surface area (Å²) in [6.45, 7) is 4.66. The molecule has 3 heterocycles. The normalized spacial score (nSPS) is 16.1. The Morgan fingerprint density at radius 3 is 2.79 bits per heavy atom. The topological polar surface area (TPSA) is 82.2 Å². The fourth-order valence-electron chi connectivity index (χ4n) is 3.16. The van der Waals surface area contributed by atoms with E-state index in [2.05, 4.69) is 24.3 Å². The predicted octanol–water partition coefficient (Wildman–Crippen LogP) is 2.58. The molecule has 2 aromatic heterocycles. The van der Waals surface area contributed by atoms with Crippen molar-refractivity contribution in [3.63, 3.8) is 0 Å². The zero-order valence-corrected chi connectivity index (χ0v) is 14.3. The molecule has 0 radical (unpaired) electrons. The van der Waals surface area contributed by atoms with Crippen LogP contribution in [0.1, 0.15) is 24.3 Å². The van der Waals surface area contributed by atoms with Crippen LogP contribution in [0, 0.1) is 0 Å². The minimum absolute atomic E-state index is 0.249. The fourth-order valence-corrected chi connectivity index (χ4v) is 4.25. The van der Waals surface area contributed by atoms with E-state index in [1.54, 1.807) is 0 Å². The predicted molar refractivity (Wildman–Crippen MR) is 95.6 cm³/mol. The number of hydrogen-bond acceptors (Lipinski definition) is 6. The van der Waals surface area contributed by atoms with E-state index < -0.39 is 0 Å². The van der Waals surface area contributed by atoms with Crippen LogP contribution >= 0.6 is 11.3 Å². The number of aromatic nitrogens is 2. The number of benzene rings is 1. The average Bonchev–Trinajstić information content (AvgIpc) is 2.90. The van der Waals surface area contributed by atoms with Crippen LogP contribution in [0.3, 0.4) is 0 Å². The number of nitrogens with zero attached hydrogens (tertiary/aromatic N) is 2. The third-order valence-corrected chi connectivity index (χ3v) is 5.37. The maximum Gasteiger partial charge on any atom is 0.355 e. The molecule has 4 rings (SSSR count). The number of hydrazine groups is 1. The summed E-state index contributed by atoms with van der Waals surface area (Å²) in [6, 6.07) is 9.39. The van der Waals surface area contributed by atoms with Crippen LogP contribution in [0.2, 0.25) is 0 Å². The molecule has 3 N–H and O–H groups in total. The highest BCUT2D eigenvalue weighted by Crippen LogP contribution is 2.40. The third-order valence-electron chi connectivity index (χ3n) is 4.27. The number of hydrogen-bond donors (Lipinski definition) is 2. The van der Waals surface area contributed by atoms with Crippen molar-refractivity contribution >= 4 is 27.4 Å². The van der Waals surface area contributed by atoms with Gasteiger partial charge in [0.2, 0.25) is 0 Å². The van der Waals surface area contributed by atoms with Crippen molar-refractivity contribution in [2.75, 3.05) is 5.43 Å². The van der Waals surface area contributed by atoms with Gasteiger partial charge in [-0.2, -0.15) is 4.98 Å². The van der Waals surface area contributed by atoms with Crippen LogP contribution in [-0.2, 0) is 17.8 Å². The van der Waals surface area contributed by atoms with E-state index in [0.717, 1.165) is 27.9 Å². The lowest BCUT2D eigenvalue weighted by molar-refractivity contribution is -0.0379. The van der Waals surface area contributed by atoms with Crippen molar-refractivity contribution in [3.8, 4) is 5.69 Å². The van der Waals surface area contributed by atoms with Crippen molar-refractivity contribution in [2.24, 2.45) is 5.84 Å². The minimum atomic E-state index is -0.347. The molecule has 0 saturated carbocycles. The van der Waals surface area contributed by atoms with Crippen LogP contribution in [0.15, 0.2) is 35.1 Å². The molecule has 0 saturated heterocycles. The van der Waals surface area contributed by atoms with E-state index in [9.17, 15) is 4.79 Å². The first-order valence-electron chi connectivity index (χ1n) is 7.73. The number of nitrogens with two attached hydrogens (primary N) is 1. The maximum absolute atomic E-state index is 12.6. The molecule has 7 heteroatoms. The molecule has 1 aromatic carbocycles. The van der Waals surface area contributed by atoms with Gasteiger partial charge in [0.25, 0.3) is 0 Å². The molecule has 1 aliphatic rings. The van der Waals surface area contributed by atoms with E-state index in [1.165, 1.54) is 15.9 Å². The van der Waals surface area contributed by atoms with Gasteiger partial charge in [-0.1, -0.05) is 18.2 Å². The second-order valence-electron chi connectivity index (χ2n) is 6.47. The molecule has 0 amide bonds. The van der Waals surface area contributed by atoms with Gasteiger partial charge in [-0.05, 0) is 31.5 Å². The lowest BCUT2D eigenvalue weighted by Gasteiger charge is -2.30. The Morgan fingerprint density at radius 1 is 1.33 bits per heavy atom. The van der Waals surface area contributed by atoms with Crippen LogP contribution in [0.25, 0.3) is 15.9 Å². The maximum atomic E-state index is 12.6. The van der Waals surface area contributed by atoms with E-state index in [-0.39, 0.29) is 11.3 Å². The molecule has 124 valence electrons. The van der Waals surface area contributed by atoms with E-state index in [4.69, 9.17) is 10.6 Å². The van der Waals surface area contributed by atoms with Gasteiger partial charge in [-0.15, -0.1) is 11.3 Å². The molecule has 0 bridgehead atoms. The van der Waals surface area contributed by atoms with Gasteiger partial charge in [0.15, 0.2) is 0 Å². The second-order valence-corrected chi connectivity index (χ2v) is 7.55. The highest BCUT2D eigenvalue weighted by molar-refractivity contribution is 7.18. The van der Waals surface area contributed by atoms with Gasteiger partial charge in [0, 0.05) is 11.3 Å². The summed E-state index contributed by atoms with van der Waals surface area (Å²) < 4.78 is 7.41. The molecule has 24 heavy (non-hydrogen) atoms. The standard InChI is InChI=1S/C17H18N4O2S/c1-17(2)8-11-12(9-23-17)24-15-13(11)14(20-18)21(16(22)19-15)10-6-4-3-5-7-10/h3-7,20H,8-9,18H2,1-2H3. The molecule has 3 aromatic rings. The van der Waals surface area contributed by atoms with Crippen molar-refractivity contribution in [2.45, 2.75) is 32.5 Å². The third kappa shape index (κ3) is 2.32. The first-order valence-corrected chi connectivity index (χ1v) is 8.55. The highest BCUT2D eigenvalue weighted by atomic mass is 32.1. The smallest absolute Gasteiger partial charge is 0.355 e. The van der Waals surface area contributed by atoms with Crippen molar-refractivity contribution < 1.29 is 4.74 Å². The summed E-state index contributed by atoms with van der Waals surface area (Å²) in [7, 11) is 0. The monoisotopic (exact) mass is 342 g/mol. The van der Waals surface area contributed by atoms with Crippen molar-refractivity contribution in [1.29, 1.82) is 0 Å². The number of rotatable bonds is 2. The molecule has 0 spiro atoms. The molecule has 0 unspecified atom stereocenters. The van der Waals surface area contributed by atoms with Gasteiger partial charge in [0.1, 0.15) is 10.6 Å². The van der Waals surface area contributed by atoms with Crippen molar-refractivity contribution in [3.05, 3.63) is 51.3 Å². The minimum Gasteiger partial charge on any atom is -0.370 e. The Morgan fingerprint density at radius 2 is 2.08 bits per heavy atom. The van der Waals surface area contributed by atoms with E-state index in [1.807, 2.05) is 30.3 Å². The summed E-state index contributed by atoms with van der Waals surface area (Å²) in [4.78, 5) is 18.7. The number of fused-ring (bicyclic) bond motifs is 3. The molecular formula is C17H18N4O2S. The van der Waals surface area contributed by atoms with Crippen LogP contribution in [0.4, 0.5) is 5.82 Å². The van der Waals surface area contributed by atoms with Crippen LogP contribution in [-0.4, -0.2) is 15.2 Å².